The second-order valence-corrected chi connectivity index (χ2v) is 8.58. The third kappa shape index (κ3) is 3.67. The van der Waals surface area contributed by atoms with Crippen molar-refractivity contribution in [3.05, 3.63) is 49.6 Å². The van der Waals surface area contributed by atoms with Gasteiger partial charge in [-0.1, -0.05) is 22.9 Å². The molecule has 0 spiro atoms. The van der Waals surface area contributed by atoms with Crippen LogP contribution in [0.1, 0.15) is 39.0 Å². The van der Waals surface area contributed by atoms with Crippen molar-refractivity contribution in [1.29, 1.82) is 0 Å². The molecule has 24 heavy (non-hydrogen) atoms. The number of hydrogen-bond acceptors (Lipinski definition) is 3. The van der Waals surface area contributed by atoms with E-state index >= 15 is 0 Å². The summed E-state index contributed by atoms with van der Waals surface area (Å²) in [5, 5.41) is 0. The third-order valence-electron chi connectivity index (χ3n) is 4.54. The number of aryl methyl sites for hydroxylation is 1. The molecule has 0 radical (unpaired) electrons. The van der Waals surface area contributed by atoms with E-state index in [2.05, 4.69) is 28.9 Å². The van der Waals surface area contributed by atoms with Crippen molar-refractivity contribution in [3.63, 3.8) is 0 Å². The highest BCUT2D eigenvalue weighted by Crippen LogP contribution is 2.33. The Balaban J connectivity index is 1.77. The van der Waals surface area contributed by atoms with Crippen LogP contribution in [-0.2, 0) is 19.4 Å². The number of thiophene rings is 1. The third-order valence-corrected chi connectivity index (χ3v) is 6.26. The fraction of sp³-hybridized carbons (Fsp3) is 0.421. The second kappa shape index (κ2) is 7.28. The van der Waals surface area contributed by atoms with E-state index in [0.717, 1.165) is 39.4 Å². The molecule has 1 aliphatic carbocycles. The lowest BCUT2D eigenvalue weighted by Gasteiger charge is -2.18. The minimum Gasteiger partial charge on any atom is -0.496 e. The fourth-order valence-electron chi connectivity index (χ4n) is 3.20. The predicted octanol–water partition coefficient (Wildman–Crippen LogP) is 4.92. The molecule has 0 fully saturated rings. The zero-order valence-electron chi connectivity index (χ0n) is 14.3. The van der Waals surface area contributed by atoms with Crippen molar-refractivity contribution in [2.45, 2.75) is 32.7 Å². The summed E-state index contributed by atoms with van der Waals surface area (Å²) in [6.07, 6.45) is 3.44. The summed E-state index contributed by atoms with van der Waals surface area (Å²) in [7, 11) is 3.51. The van der Waals surface area contributed by atoms with Crippen molar-refractivity contribution in [3.8, 4) is 5.75 Å². The van der Waals surface area contributed by atoms with E-state index in [-0.39, 0.29) is 5.91 Å². The fourth-order valence-corrected chi connectivity index (χ4v) is 4.81. The molecule has 3 rings (SSSR count). The first-order valence-electron chi connectivity index (χ1n) is 8.17. The molecule has 128 valence electrons. The maximum atomic E-state index is 12.8. The predicted molar refractivity (Wildman–Crippen MR) is 102 cm³/mol. The van der Waals surface area contributed by atoms with E-state index in [0.29, 0.717) is 6.54 Å². The van der Waals surface area contributed by atoms with Gasteiger partial charge < -0.3 is 9.64 Å². The summed E-state index contributed by atoms with van der Waals surface area (Å²) in [6.45, 7) is 2.81. The summed E-state index contributed by atoms with van der Waals surface area (Å²) in [5.41, 5.74) is 2.37. The smallest absolute Gasteiger partial charge is 0.263 e. The number of hydrogen-bond donors (Lipinski definition) is 0. The molecule has 1 aromatic heterocycles. The van der Waals surface area contributed by atoms with E-state index in [1.54, 1.807) is 23.3 Å². The van der Waals surface area contributed by atoms with E-state index < -0.39 is 0 Å². The van der Waals surface area contributed by atoms with Crippen molar-refractivity contribution in [2.24, 2.45) is 5.92 Å². The number of ether oxygens (including phenoxy) is 1. The molecule has 0 saturated carbocycles. The number of rotatable bonds is 4. The molecule has 1 aromatic carbocycles. The molecule has 5 heteroatoms. The molecule has 0 saturated heterocycles. The van der Waals surface area contributed by atoms with Gasteiger partial charge in [-0.3, -0.25) is 4.79 Å². The van der Waals surface area contributed by atoms with Crippen LogP contribution in [0.4, 0.5) is 0 Å². The van der Waals surface area contributed by atoms with Crippen molar-refractivity contribution >= 4 is 33.2 Å². The monoisotopic (exact) mass is 407 g/mol. The lowest BCUT2D eigenvalue weighted by Crippen LogP contribution is -2.25. The Morgan fingerprint density at radius 1 is 1.42 bits per heavy atom. The molecule has 2 aromatic rings. The molecule has 0 bridgehead atoms. The molecule has 0 aliphatic heterocycles. The first-order chi connectivity index (χ1) is 11.5. The topological polar surface area (TPSA) is 29.5 Å². The number of fused-ring (bicyclic) bond motifs is 1. The highest BCUT2D eigenvalue weighted by molar-refractivity contribution is 9.10. The summed E-state index contributed by atoms with van der Waals surface area (Å²) in [6, 6.07) is 7.97. The van der Waals surface area contributed by atoms with Crippen molar-refractivity contribution < 1.29 is 9.53 Å². The minimum absolute atomic E-state index is 0.0871. The number of benzene rings is 1. The Bertz CT molecular complexity index is 756. The Kier molecular flexibility index (Phi) is 5.30. The molecule has 1 aliphatic rings. The van der Waals surface area contributed by atoms with E-state index in [1.807, 2.05) is 25.2 Å². The SMILES string of the molecule is COc1ccc(Br)cc1CN(C)C(=O)c1cc2c(s1)CC[C@H](C)C2. The van der Waals surface area contributed by atoms with Crippen LogP contribution in [0.2, 0.25) is 0 Å². The lowest BCUT2D eigenvalue weighted by molar-refractivity contribution is 0.0789. The average molecular weight is 408 g/mol. The maximum Gasteiger partial charge on any atom is 0.263 e. The normalized spacial score (nSPS) is 16.6. The van der Waals surface area contributed by atoms with Gasteiger partial charge in [-0.05, 0) is 55.0 Å². The standard InChI is InChI=1S/C19H22BrNO2S/c1-12-4-7-17-13(8-12)10-18(24-17)19(22)21(2)11-14-9-15(20)5-6-16(14)23-3/h5-6,9-10,12H,4,7-8,11H2,1-3H3/t12-/m0/s1. The molecular weight excluding hydrogens is 386 g/mol. The quantitative estimate of drug-likeness (QED) is 0.719. The Hall–Kier alpha value is -1.33. The van der Waals surface area contributed by atoms with Gasteiger partial charge in [0.1, 0.15) is 5.75 Å². The van der Waals surface area contributed by atoms with Gasteiger partial charge in [-0.15, -0.1) is 11.3 Å². The van der Waals surface area contributed by atoms with E-state index in [4.69, 9.17) is 4.74 Å². The summed E-state index contributed by atoms with van der Waals surface area (Å²) < 4.78 is 6.39. The highest BCUT2D eigenvalue weighted by Gasteiger charge is 2.22. The van der Waals surface area contributed by atoms with Gasteiger partial charge >= 0.3 is 0 Å². The van der Waals surface area contributed by atoms with Crippen molar-refractivity contribution in [1.82, 2.24) is 4.90 Å². The van der Waals surface area contributed by atoms with Crippen LogP contribution in [0, 0.1) is 5.92 Å². The molecule has 0 N–H and O–H groups in total. The van der Waals surface area contributed by atoms with Crippen molar-refractivity contribution in [2.75, 3.05) is 14.2 Å². The minimum atomic E-state index is 0.0871. The van der Waals surface area contributed by atoms with E-state index in [9.17, 15) is 4.79 Å². The Morgan fingerprint density at radius 3 is 2.96 bits per heavy atom. The van der Waals surface area contributed by atoms with Crippen LogP contribution in [0.25, 0.3) is 0 Å². The molecule has 1 heterocycles. The largest absolute Gasteiger partial charge is 0.496 e. The van der Waals surface area contributed by atoms with Gasteiger partial charge in [0, 0.05) is 28.5 Å². The first-order valence-corrected chi connectivity index (χ1v) is 9.78. The van der Waals surface area contributed by atoms with Crippen LogP contribution in [-0.4, -0.2) is 25.0 Å². The number of nitrogens with zero attached hydrogens (tertiary/aromatic N) is 1. The van der Waals surface area contributed by atoms with Crippen LogP contribution in [0.15, 0.2) is 28.7 Å². The zero-order valence-corrected chi connectivity index (χ0v) is 16.7. The summed E-state index contributed by atoms with van der Waals surface area (Å²) in [5.74, 6) is 1.61. The van der Waals surface area contributed by atoms with Crippen LogP contribution >= 0.6 is 27.3 Å². The Morgan fingerprint density at radius 2 is 2.21 bits per heavy atom. The first kappa shape index (κ1) is 17.5. The van der Waals surface area contributed by atoms with Crippen LogP contribution < -0.4 is 4.74 Å². The molecular formula is C19H22BrNO2S. The number of carbonyl (C=O) groups is 1. The van der Waals surface area contributed by atoms with Gasteiger partial charge in [0.25, 0.3) is 5.91 Å². The van der Waals surface area contributed by atoms with Gasteiger partial charge in [-0.25, -0.2) is 0 Å². The molecule has 0 unspecified atom stereocenters. The number of methoxy groups -OCH3 is 1. The highest BCUT2D eigenvalue weighted by atomic mass is 79.9. The van der Waals surface area contributed by atoms with Gasteiger partial charge in [0.15, 0.2) is 0 Å². The maximum absolute atomic E-state index is 12.8. The zero-order chi connectivity index (χ0) is 17.3. The van der Waals surface area contributed by atoms with Gasteiger partial charge in [0.2, 0.25) is 0 Å². The van der Waals surface area contributed by atoms with Gasteiger partial charge in [-0.2, -0.15) is 0 Å². The number of halogens is 1. The van der Waals surface area contributed by atoms with Crippen LogP contribution in [0.3, 0.4) is 0 Å². The van der Waals surface area contributed by atoms with E-state index in [1.165, 1.54) is 16.9 Å². The molecule has 3 nitrogen and oxygen atoms in total. The molecule has 1 amide bonds. The second-order valence-electron chi connectivity index (χ2n) is 6.52. The summed E-state index contributed by atoms with van der Waals surface area (Å²) >= 11 is 5.15. The number of amides is 1. The Labute approximate surface area is 155 Å². The average Bonchev–Trinajstić information content (AvgIpc) is 2.97. The summed E-state index contributed by atoms with van der Waals surface area (Å²) in [4.78, 5) is 16.8. The van der Waals surface area contributed by atoms with Gasteiger partial charge in [0.05, 0.1) is 12.0 Å². The number of carbonyl (C=O) groups excluding carboxylic acids is 1. The van der Waals surface area contributed by atoms with Crippen LogP contribution in [0.5, 0.6) is 5.75 Å². The molecule has 1 atom stereocenters. The lowest BCUT2D eigenvalue weighted by atomic mass is 9.90.